The fourth-order valence-corrected chi connectivity index (χ4v) is 4.28. The number of hydrogen-bond donors (Lipinski definition) is 0. The zero-order valence-electron chi connectivity index (χ0n) is 17.9. The Morgan fingerprint density at radius 2 is 1.53 bits per heavy atom. The van der Waals surface area contributed by atoms with E-state index in [9.17, 15) is 4.79 Å². The van der Waals surface area contributed by atoms with Gasteiger partial charge in [0.1, 0.15) is 11.5 Å². The maximum absolute atomic E-state index is 12.6. The second-order valence-electron chi connectivity index (χ2n) is 7.65. The van der Waals surface area contributed by atoms with E-state index in [1.807, 2.05) is 97.1 Å². The highest BCUT2D eigenvalue weighted by Crippen LogP contribution is 2.46. The van der Waals surface area contributed by atoms with Crippen LogP contribution in [-0.4, -0.2) is 20.2 Å². The highest BCUT2D eigenvalue weighted by Gasteiger charge is 2.38. The molecule has 1 aliphatic rings. The van der Waals surface area contributed by atoms with Crippen molar-refractivity contribution in [3.8, 4) is 11.5 Å². The van der Waals surface area contributed by atoms with Crippen LogP contribution in [0.3, 0.4) is 0 Å². The van der Waals surface area contributed by atoms with Gasteiger partial charge >= 0.3 is 5.97 Å². The van der Waals surface area contributed by atoms with Gasteiger partial charge in [-0.1, -0.05) is 66.7 Å². The predicted molar refractivity (Wildman–Crippen MR) is 125 cm³/mol. The molecule has 32 heavy (non-hydrogen) atoms. The van der Waals surface area contributed by atoms with Crippen molar-refractivity contribution in [3.63, 3.8) is 0 Å². The first-order valence-corrected chi connectivity index (χ1v) is 10.4. The summed E-state index contributed by atoms with van der Waals surface area (Å²) in [5, 5.41) is 1.85. The maximum atomic E-state index is 12.6. The summed E-state index contributed by atoms with van der Waals surface area (Å²) >= 11 is 0. The molecule has 0 fully saturated rings. The average Bonchev–Trinajstić information content (AvgIpc) is 2.88. The Morgan fingerprint density at radius 3 is 2.25 bits per heavy atom. The van der Waals surface area contributed by atoms with E-state index in [4.69, 9.17) is 14.2 Å². The molecule has 1 aliphatic heterocycles. The van der Waals surface area contributed by atoms with E-state index < -0.39 is 11.6 Å². The molecule has 0 spiro atoms. The topological polar surface area (TPSA) is 44.8 Å². The van der Waals surface area contributed by atoms with Crippen LogP contribution < -0.4 is 9.47 Å². The lowest BCUT2D eigenvalue weighted by Crippen LogP contribution is -2.34. The van der Waals surface area contributed by atoms with Crippen molar-refractivity contribution >= 4 is 22.8 Å². The SMILES string of the molecule is COC(=O)c1cc2ccccc2c2c1C=CC(c1ccccc1)(c1ccc(OC)cc1)O2. The molecule has 4 nitrogen and oxygen atoms in total. The van der Waals surface area contributed by atoms with Crippen molar-refractivity contribution < 1.29 is 19.0 Å². The van der Waals surface area contributed by atoms with E-state index in [2.05, 4.69) is 0 Å². The Kier molecular flexibility index (Phi) is 4.91. The lowest BCUT2D eigenvalue weighted by Gasteiger charge is -2.37. The van der Waals surface area contributed by atoms with Crippen LogP contribution in [0, 0.1) is 0 Å². The minimum absolute atomic E-state index is 0.392. The molecule has 1 atom stereocenters. The quantitative estimate of drug-likeness (QED) is 0.379. The lowest BCUT2D eigenvalue weighted by atomic mass is 9.82. The molecule has 4 heteroatoms. The number of hydrogen-bond acceptors (Lipinski definition) is 4. The summed E-state index contributed by atoms with van der Waals surface area (Å²) in [5.74, 6) is 1.04. The third-order valence-corrected chi connectivity index (χ3v) is 5.91. The van der Waals surface area contributed by atoms with Crippen molar-refractivity contribution in [2.24, 2.45) is 0 Å². The third kappa shape index (κ3) is 3.12. The maximum Gasteiger partial charge on any atom is 0.338 e. The van der Waals surface area contributed by atoms with Gasteiger partial charge in [0, 0.05) is 22.1 Å². The van der Waals surface area contributed by atoms with Gasteiger partial charge in [-0.25, -0.2) is 4.79 Å². The normalized spacial score (nSPS) is 16.8. The van der Waals surface area contributed by atoms with Crippen LogP contribution in [0.4, 0.5) is 0 Å². The Labute approximate surface area is 186 Å². The van der Waals surface area contributed by atoms with Gasteiger partial charge in [-0.3, -0.25) is 0 Å². The molecule has 0 bridgehead atoms. The molecule has 0 aromatic heterocycles. The molecular formula is C28H22O4. The summed E-state index contributed by atoms with van der Waals surface area (Å²) in [6, 6.07) is 27.7. The standard InChI is InChI=1S/C28H22O4/c1-30-22-14-12-21(13-15-22)28(20-9-4-3-5-10-20)17-16-24-25(27(29)31-2)18-19-8-6-7-11-23(19)26(24)32-28/h3-18H,1-2H3. The molecule has 5 rings (SSSR count). The molecular weight excluding hydrogens is 400 g/mol. The minimum Gasteiger partial charge on any atom is -0.497 e. The van der Waals surface area contributed by atoms with Gasteiger partial charge < -0.3 is 14.2 Å². The van der Waals surface area contributed by atoms with Crippen LogP contribution >= 0.6 is 0 Å². The van der Waals surface area contributed by atoms with Gasteiger partial charge in [-0.05, 0) is 35.7 Å². The van der Waals surface area contributed by atoms with Crippen molar-refractivity contribution in [1.29, 1.82) is 0 Å². The summed E-state index contributed by atoms with van der Waals surface area (Å²) in [7, 11) is 3.04. The largest absolute Gasteiger partial charge is 0.497 e. The Hall–Kier alpha value is -4.05. The Bertz CT molecular complexity index is 1320. The van der Waals surface area contributed by atoms with Gasteiger partial charge in [0.05, 0.1) is 19.8 Å². The van der Waals surface area contributed by atoms with Crippen LogP contribution in [0.15, 0.2) is 91.0 Å². The first-order valence-electron chi connectivity index (χ1n) is 10.4. The van der Waals surface area contributed by atoms with Crippen molar-refractivity contribution in [1.82, 2.24) is 0 Å². The summed E-state index contributed by atoms with van der Waals surface area (Å²) < 4.78 is 17.3. The molecule has 4 aromatic carbocycles. The third-order valence-electron chi connectivity index (χ3n) is 5.91. The second kappa shape index (κ2) is 7.89. The molecule has 0 aliphatic carbocycles. The van der Waals surface area contributed by atoms with Crippen LogP contribution in [0.2, 0.25) is 0 Å². The molecule has 1 heterocycles. The van der Waals surface area contributed by atoms with Crippen LogP contribution in [0.1, 0.15) is 27.0 Å². The Balaban J connectivity index is 1.78. The van der Waals surface area contributed by atoms with E-state index in [0.717, 1.165) is 33.2 Å². The molecule has 0 amide bonds. The number of fused-ring (bicyclic) bond motifs is 3. The van der Waals surface area contributed by atoms with Gasteiger partial charge in [0.15, 0.2) is 5.60 Å². The predicted octanol–water partition coefficient (Wildman–Crippen LogP) is 5.98. The fourth-order valence-electron chi connectivity index (χ4n) is 4.28. The van der Waals surface area contributed by atoms with Crippen LogP contribution in [0.25, 0.3) is 16.8 Å². The molecule has 0 saturated carbocycles. The van der Waals surface area contributed by atoms with E-state index >= 15 is 0 Å². The van der Waals surface area contributed by atoms with Crippen molar-refractivity contribution in [2.75, 3.05) is 14.2 Å². The number of carbonyl (C=O) groups is 1. The lowest BCUT2D eigenvalue weighted by molar-refractivity contribution is 0.0599. The van der Waals surface area contributed by atoms with Crippen LogP contribution in [0.5, 0.6) is 11.5 Å². The van der Waals surface area contributed by atoms with E-state index in [1.165, 1.54) is 7.11 Å². The molecule has 158 valence electrons. The number of carbonyl (C=O) groups excluding carboxylic acids is 1. The van der Waals surface area contributed by atoms with Crippen LogP contribution in [-0.2, 0) is 10.3 Å². The Morgan fingerprint density at radius 1 is 0.844 bits per heavy atom. The molecule has 0 radical (unpaired) electrons. The summed E-state index contributed by atoms with van der Waals surface area (Å²) in [6.07, 6.45) is 3.97. The molecule has 0 saturated heterocycles. The highest BCUT2D eigenvalue weighted by molar-refractivity contribution is 6.03. The number of rotatable bonds is 4. The molecule has 4 aromatic rings. The smallest absolute Gasteiger partial charge is 0.338 e. The number of esters is 1. The molecule has 0 N–H and O–H groups in total. The monoisotopic (exact) mass is 422 g/mol. The van der Waals surface area contributed by atoms with Gasteiger partial charge in [0.25, 0.3) is 0 Å². The second-order valence-corrected chi connectivity index (χ2v) is 7.65. The minimum atomic E-state index is -0.863. The summed E-state index contributed by atoms with van der Waals surface area (Å²) in [4.78, 5) is 12.6. The van der Waals surface area contributed by atoms with E-state index in [0.29, 0.717) is 11.3 Å². The van der Waals surface area contributed by atoms with Gasteiger partial charge in [0.2, 0.25) is 0 Å². The van der Waals surface area contributed by atoms with Crippen molar-refractivity contribution in [3.05, 3.63) is 113 Å². The number of methoxy groups -OCH3 is 2. The molecule has 1 unspecified atom stereocenters. The van der Waals surface area contributed by atoms with Gasteiger partial charge in [-0.2, -0.15) is 0 Å². The summed E-state index contributed by atoms with van der Waals surface area (Å²) in [6.45, 7) is 0. The number of benzene rings is 4. The van der Waals surface area contributed by atoms with E-state index in [-0.39, 0.29) is 0 Å². The zero-order chi connectivity index (χ0) is 22.1. The average molecular weight is 422 g/mol. The summed E-state index contributed by atoms with van der Waals surface area (Å²) in [5.41, 5.74) is 2.28. The highest BCUT2D eigenvalue weighted by atomic mass is 16.5. The van der Waals surface area contributed by atoms with E-state index in [1.54, 1.807) is 7.11 Å². The first-order chi connectivity index (χ1) is 15.7. The van der Waals surface area contributed by atoms with Crippen molar-refractivity contribution in [2.45, 2.75) is 5.60 Å². The number of ether oxygens (including phenoxy) is 3. The first kappa shape index (κ1) is 19.9. The van der Waals surface area contributed by atoms with Gasteiger partial charge in [-0.15, -0.1) is 0 Å². The zero-order valence-corrected chi connectivity index (χ0v) is 17.9. The fraction of sp³-hybridized carbons (Fsp3) is 0.107.